The van der Waals surface area contributed by atoms with Crippen LogP contribution in [0.1, 0.15) is 20.7 Å². The molecule has 0 spiro atoms. The first-order chi connectivity index (χ1) is 5.41. The van der Waals surface area contributed by atoms with E-state index in [0.717, 1.165) is 12.6 Å². The van der Waals surface area contributed by atoms with Crippen molar-refractivity contribution in [2.45, 2.75) is 19.3 Å². The van der Waals surface area contributed by atoms with E-state index in [1.165, 1.54) is 0 Å². The molecule has 8 heteroatoms. The van der Waals surface area contributed by atoms with Crippen LogP contribution in [0.5, 0.6) is 0 Å². The van der Waals surface area contributed by atoms with Gasteiger partial charge in [0.05, 0.1) is 0 Å². The number of aldehydes is 2. The molecule has 0 aromatic rings. The summed E-state index contributed by atoms with van der Waals surface area (Å²) in [6.07, 6.45) is 3.37. The normalized spacial score (nSPS) is 8.77. The maximum absolute atomic E-state index is 9.56. The van der Waals surface area contributed by atoms with Gasteiger partial charge >= 0.3 is 40.0 Å². The van der Waals surface area contributed by atoms with E-state index in [9.17, 15) is 9.59 Å². The van der Waals surface area contributed by atoms with Gasteiger partial charge in [0.15, 0.2) is 0 Å². The van der Waals surface area contributed by atoms with E-state index >= 15 is 0 Å². The molecular weight excluding hydrogens is 211 g/mol. The summed E-state index contributed by atoms with van der Waals surface area (Å²) in [5, 5.41) is 0. The predicted molar refractivity (Wildman–Crippen MR) is 41.3 cm³/mol. The van der Waals surface area contributed by atoms with Gasteiger partial charge in [-0.05, 0) is 6.42 Å². The number of carbonyl (C=O) groups is 2. The molecular formula is C5H11NaO6S. The van der Waals surface area contributed by atoms with Gasteiger partial charge in [-0.15, -0.1) is 0 Å². The summed E-state index contributed by atoms with van der Waals surface area (Å²) in [5.74, 6) is 0. The summed E-state index contributed by atoms with van der Waals surface area (Å²) in [5.41, 5.74) is 0. The van der Waals surface area contributed by atoms with Gasteiger partial charge in [0.1, 0.15) is 12.6 Å². The van der Waals surface area contributed by atoms with E-state index in [2.05, 4.69) is 0 Å². The summed E-state index contributed by atoms with van der Waals surface area (Å²) in [6.45, 7) is 0. The molecule has 0 fully saturated rings. The Labute approximate surface area is 100 Å². The van der Waals surface area contributed by atoms with Crippen molar-refractivity contribution in [3.05, 3.63) is 0 Å². The summed E-state index contributed by atoms with van der Waals surface area (Å²) in [4.78, 5) is 19.1. The van der Waals surface area contributed by atoms with Crippen molar-refractivity contribution in [3.63, 3.8) is 0 Å². The number of hydrogen-bond acceptors (Lipinski definition) is 4. The molecule has 0 radical (unpaired) electrons. The Bertz CT molecular complexity index is 200. The molecule has 2 N–H and O–H groups in total. The minimum Gasteiger partial charge on any atom is -1.00 e. The topological polar surface area (TPSA) is 109 Å². The SMILES string of the molecule is O=CCCCC=O.O=S(=O)(O)O.[H-].[Na+]. The monoisotopic (exact) mass is 222 g/mol. The molecule has 0 aromatic heterocycles. The molecule has 0 rings (SSSR count). The van der Waals surface area contributed by atoms with E-state index in [0.29, 0.717) is 19.3 Å². The molecule has 13 heavy (non-hydrogen) atoms. The van der Waals surface area contributed by atoms with E-state index < -0.39 is 10.4 Å². The Hall–Kier alpha value is 0.210. The molecule has 0 heterocycles. The van der Waals surface area contributed by atoms with Crippen molar-refractivity contribution in [1.29, 1.82) is 0 Å². The van der Waals surface area contributed by atoms with Crippen molar-refractivity contribution < 1.29 is 58.1 Å². The second kappa shape index (κ2) is 12.2. The van der Waals surface area contributed by atoms with E-state index in [4.69, 9.17) is 17.5 Å². The zero-order valence-electron chi connectivity index (χ0n) is 8.21. The Kier molecular flexibility index (Phi) is 17.7. The quantitative estimate of drug-likeness (QED) is 0.227. The number of hydrogen-bond donors (Lipinski definition) is 2. The van der Waals surface area contributed by atoms with Crippen molar-refractivity contribution in [2.24, 2.45) is 0 Å². The molecule has 0 saturated carbocycles. The largest absolute Gasteiger partial charge is 1.00 e. The van der Waals surface area contributed by atoms with Gasteiger partial charge in [-0.2, -0.15) is 8.42 Å². The van der Waals surface area contributed by atoms with Crippen LogP contribution >= 0.6 is 0 Å². The fraction of sp³-hybridized carbons (Fsp3) is 0.600. The molecule has 0 bridgehead atoms. The smallest absolute Gasteiger partial charge is 1.00 e. The average molecular weight is 222 g/mol. The average Bonchev–Trinajstić information content (AvgIpc) is 1.85. The third-order valence-electron chi connectivity index (χ3n) is 0.644. The van der Waals surface area contributed by atoms with Crippen molar-refractivity contribution in [2.75, 3.05) is 0 Å². The molecule has 0 unspecified atom stereocenters. The molecule has 0 saturated heterocycles. The summed E-state index contributed by atoms with van der Waals surface area (Å²) in [6, 6.07) is 0. The zero-order chi connectivity index (χ0) is 10.0. The van der Waals surface area contributed by atoms with E-state index in [-0.39, 0.29) is 31.0 Å². The molecule has 74 valence electrons. The second-order valence-corrected chi connectivity index (χ2v) is 2.61. The molecule has 0 amide bonds. The number of rotatable bonds is 4. The standard InChI is InChI=1S/C5H8O2.Na.H2O4S.H/c6-4-2-1-3-5-7;;1-5(2,3)4;/h4-5H,1-3H2;;(H2,1,2,3,4);/q;+1;;-1. The van der Waals surface area contributed by atoms with Crippen molar-refractivity contribution in [1.82, 2.24) is 0 Å². The Morgan fingerprint density at radius 3 is 1.46 bits per heavy atom. The van der Waals surface area contributed by atoms with Crippen LogP contribution in [0.4, 0.5) is 0 Å². The van der Waals surface area contributed by atoms with E-state index in [1.807, 2.05) is 0 Å². The Morgan fingerprint density at radius 2 is 1.31 bits per heavy atom. The molecule has 0 aliphatic rings. The van der Waals surface area contributed by atoms with Crippen LogP contribution in [0, 0.1) is 0 Å². The maximum atomic E-state index is 9.56. The maximum Gasteiger partial charge on any atom is 1.00 e. The van der Waals surface area contributed by atoms with Crippen LogP contribution < -0.4 is 29.6 Å². The van der Waals surface area contributed by atoms with Crippen LogP contribution in [0.25, 0.3) is 0 Å². The Morgan fingerprint density at radius 1 is 1.08 bits per heavy atom. The third kappa shape index (κ3) is 71.8. The van der Waals surface area contributed by atoms with Gasteiger partial charge < -0.3 is 11.0 Å². The first-order valence-electron chi connectivity index (χ1n) is 2.99. The van der Waals surface area contributed by atoms with Gasteiger partial charge in [0.2, 0.25) is 0 Å². The molecule has 0 atom stereocenters. The third-order valence-corrected chi connectivity index (χ3v) is 0.644. The van der Waals surface area contributed by atoms with Crippen LogP contribution in [0.15, 0.2) is 0 Å². The van der Waals surface area contributed by atoms with Gasteiger partial charge in [0.25, 0.3) is 0 Å². The zero-order valence-corrected chi connectivity index (χ0v) is 10.0. The first kappa shape index (κ1) is 18.9. The van der Waals surface area contributed by atoms with Gasteiger partial charge in [-0.3, -0.25) is 9.11 Å². The van der Waals surface area contributed by atoms with Gasteiger partial charge in [-0.1, -0.05) is 0 Å². The second-order valence-electron chi connectivity index (χ2n) is 1.71. The van der Waals surface area contributed by atoms with Gasteiger partial charge in [-0.25, -0.2) is 0 Å². The summed E-state index contributed by atoms with van der Waals surface area (Å²) in [7, 11) is -4.67. The first-order valence-corrected chi connectivity index (χ1v) is 4.38. The van der Waals surface area contributed by atoms with Crippen molar-refractivity contribution in [3.8, 4) is 0 Å². The van der Waals surface area contributed by atoms with Gasteiger partial charge in [0, 0.05) is 12.8 Å². The fourth-order valence-corrected chi connectivity index (χ4v) is 0.285. The molecule has 6 nitrogen and oxygen atoms in total. The molecule has 0 aliphatic heterocycles. The number of carbonyl (C=O) groups excluding carboxylic acids is 2. The fourth-order valence-electron chi connectivity index (χ4n) is 0.285. The minimum atomic E-state index is -4.67. The summed E-state index contributed by atoms with van der Waals surface area (Å²) >= 11 is 0. The van der Waals surface area contributed by atoms with Crippen LogP contribution in [0.3, 0.4) is 0 Å². The van der Waals surface area contributed by atoms with Crippen molar-refractivity contribution >= 4 is 23.0 Å². The summed E-state index contributed by atoms with van der Waals surface area (Å²) < 4.78 is 31.6. The number of unbranched alkanes of at least 4 members (excludes halogenated alkanes) is 2. The van der Waals surface area contributed by atoms with E-state index in [1.54, 1.807) is 0 Å². The van der Waals surface area contributed by atoms with Crippen LogP contribution in [-0.2, 0) is 20.0 Å². The molecule has 0 aliphatic carbocycles. The van der Waals surface area contributed by atoms with Crippen LogP contribution in [-0.4, -0.2) is 30.1 Å². The Balaban J connectivity index is -0.0000000651. The molecule has 0 aromatic carbocycles. The van der Waals surface area contributed by atoms with Crippen LogP contribution in [0.2, 0.25) is 0 Å². The predicted octanol–water partition coefficient (Wildman–Crippen LogP) is -2.98. The minimum absolute atomic E-state index is 0.